The number of alkyl halides is 1. The second-order valence-electron chi connectivity index (χ2n) is 4.68. The first kappa shape index (κ1) is 14.3. The lowest BCUT2D eigenvalue weighted by Crippen LogP contribution is -2.20. The van der Waals surface area contributed by atoms with Gasteiger partial charge in [-0.15, -0.1) is 11.6 Å². The zero-order chi connectivity index (χ0) is 14.8. The standard InChI is InChI=1S/C16H15ClN2OS/c1-2-19-12-5-3-4-6-14(12)21-15-9-11(7-8-13(15)19)18-16(20)10-17/h3-9H,2,10H2,1H3,(H,18,20). The minimum Gasteiger partial charge on any atom is -0.340 e. The molecule has 0 bridgehead atoms. The number of hydrogen-bond acceptors (Lipinski definition) is 3. The number of para-hydroxylation sites is 1. The van der Waals surface area contributed by atoms with E-state index >= 15 is 0 Å². The molecule has 5 heteroatoms. The van der Waals surface area contributed by atoms with E-state index in [2.05, 4.69) is 35.3 Å². The number of benzene rings is 2. The van der Waals surface area contributed by atoms with E-state index in [9.17, 15) is 4.79 Å². The first-order valence-corrected chi connectivity index (χ1v) is 8.12. The highest BCUT2D eigenvalue weighted by atomic mass is 35.5. The number of amides is 1. The van der Waals surface area contributed by atoms with Crippen molar-refractivity contribution < 1.29 is 4.79 Å². The molecule has 0 saturated carbocycles. The van der Waals surface area contributed by atoms with E-state index in [1.807, 2.05) is 24.3 Å². The topological polar surface area (TPSA) is 32.3 Å². The number of fused-ring (bicyclic) bond motifs is 2. The molecule has 1 heterocycles. The smallest absolute Gasteiger partial charge is 0.239 e. The Bertz CT molecular complexity index is 690. The van der Waals surface area contributed by atoms with Crippen LogP contribution in [-0.2, 0) is 4.79 Å². The number of nitrogens with zero attached hydrogens (tertiary/aromatic N) is 1. The third-order valence-corrected chi connectivity index (χ3v) is 4.70. The predicted octanol–water partition coefficient (Wildman–Crippen LogP) is 4.49. The van der Waals surface area contributed by atoms with Crippen molar-refractivity contribution in [1.82, 2.24) is 0 Å². The summed E-state index contributed by atoms with van der Waals surface area (Å²) >= 11 is 7.26. The molecule has 0 aromatic heterocycles. The lowest BCUT2D eigenvalue weighted by atomic mass is 10.2. The van der Waals surface area contributed by atoms with E-state index in [1.165, 1.54) is 16.3 Å². The van der Waals surface area contributed by atoms with E-state index in [-0.39, 0.29) is 11.8 Å². The van der Waals surface area contributed by atoms with E-state index in [0.717, 1.165) is 17.1 Å². The van der Waals surface area contributed by atoms with Gasteiger partial charge in [-0.1, -0.05) is 23.9 Å². The molecule has 3 rings (SSSR count). The Morgan fingerprint density at radius 1 is 1.19 bits per heavy atom. The molecule has 1 N–H and O–H groups in total. The Labute approximate surface area is 133 Å². The Morgan fingerprint density at radius 2 is 1.95 bits per heavy atom. The van der Waals surface area contributed by atoms with Crippen LogP contribution in [0.2, 0.25) is 0 Å². The summed E-state index contributed by atoms with van der Waals surface area (Å²) in [5, 5.41) is 2.80. The van der Waals surface area contributed by atoms with E-state index < -0.39 is 0 Å². The van der Waals surface area contributed by atoms with Crippen LogP contribution in [0.4, 0.5) is 17.1 Å². The summed E-state index contributed by atoms with van der Waals surface area (Å²) in [6.07, 6.45) is 0. The van der Waals surface area contributed by atoms with Crippen LogP contribution in [0.15, 0.2) is 52.3 Å². The van der Waals surface area contributed by atoms with E-state index in [4.69, 9.17) is 11.6 Å². The van der Waals surface area contributed by atoms with Crippen molar-refractivity contribution in [1.29, 1.82) is 0 Å². The average Bonchev–Trinajstić information content (AvgIpc) is 2.52. The maximum Gasteiger partial charge on any atom is 0.239 e. The summed E-state index contributed by atoms with van der Waals surface area (Å²) in [6.45, 7) is 3.04. The number of anilines is 3. The van der Waals surface area contributed by atoms with Gasteiger partial charge in [0.1, 0.15) is 5.88 Å². The van der Waals surface area contributed by atoms with Crippen LogP contribution in [0.1, 0.15) is 6.92 Å². The van der Waals surface area contributed by atoms with E-state index in [1.54, 1.807) is 11.8 Å². The first-order chi connectivity index (χ1) is 10.2. The second-order valence-corrected chi connectivity index (χ2v) is 6.03. The molecule has 0 atom stereocenters. The van der Waals surface area contributed by atoms with Crippen LogP contribution in [0.3, 0.4) is 0 Å². The number of hydrogen-bond donors (Lipinski definition) is 1. The van der Waals surface area contributed by atoms with Gasteiger partial charge in [0.25, 0.3) is 0 Å². The zero-order valence-electron chi connectivity index (χ0n) is 11.6. The summed E-state index contributed by atoms with van der Waals surface area (Å²) < 4.78 is 0. The van der Waals surface area contributed by atoms with Crippen LogP contribution in [0, 0.1) is 0 Å². The molecule has 0 spiro atoms. The zero-order valence-corrected chi connectivity index (χ0v) is 13.2. The number of nitrogens with one attached hydrogen (secondary N) is 1. The first-order valence-electron chi connectivity index (χ1n) is 6.77. The quantitative estimate of drug-likeness (QED) is 0.846. The minimum absolute atomic E-state index is 0.0336. The maximum atomic E-state index is 11.4. The summed E-state index contributed by atoms with van der Waals surface area (Å²) in [4.78, 5) is 16.1. The number of carbonyl (C=O) groups is 1. The van der Waals surface area contributed by atoms with Gasteiger partial charge in [0.2, 0.25) is 5.91 Å². The molecule has 0 saturated heterocycles. The van der Waals surface area contributed by atoms with Gasteiger partial charge in [0, 0.05) is 22.0 Å². The van der Waals surface area contributed by atoms with Crippen LogP contribution in [-0.4, -0.2) is 18.3 Å². The lowest BCUT2D eigenvalue weighted by molar-refractivity contribution is -0.113. The van der Waals surface area contributed by atoms with Crippen molar-refractivity contribution >= 4 is 46.3 Å². The highest BCUT2D eigenvalue weighted by Gasteiger charge is 2.22. The summed E-state index contributed by atoms with van der Waals surface area (Å²) in [5.74, 6) is -0.223. The molecular weight excluding hydrogens is 304 g/mol. The van der Waals surface area contributed by atoms with Crippen molar-refractivity contribution in [3.05, 3.63) is 42.5 Å². The largest absolute Gasteiger partial charge is 0.340 e. The third kappa shape index (κ3) is 2.74. The molecule has 2 aromatic carbocycles. The molecule has 3 nitrogen and oxygen atoms in total. The molecule has 0 unspecified atom stereocenters. The Kier molecular flexibility index (Phi) is 4.08. The van der Waals surface area contributed by atoms with Crippen molar-refractivity contribution in [3.8, 4) is 0 Å². The van der Waals surface area contributed by atoms with Gasteiger partial charge in [-0.05, 0) is 37.3 Å². The van der Waals surface area contributed by atoms with Gasteiger partial charge in [-0.25, -0.2) is 0 Å². The van der Waals surface area contributed by atoms with Crippen LogP contribution in [0.25, 0.3) is 0 Å². The molecule has 0 fully saturated rings. The van der Waals surface area contributed by atoms with Gasteiger partial charge in [-0.2, -0.15) is 0 Å². The monoisotopic (exact) mass is 318 g/mol. The molecule has 0 aliphatic carbocycles. The van der Waals surface area contributed by atoms with Gasteiger partial charge < -0.3 is 10.2 Å². The molecular formula is C16H15ClN2OS. The number of rotatable bonds is 3. The molecule has 1 aliphatic heterocycles. The SMILES string of the molecule is CCN1c2ccccc2Sc2cc(NC(=O)CCl)ccc21. The Hall–Kier alpha value is -1.65. The van der Waals surface area contributed by atoms with Crippen LogP contribution >= 0.6 is 23.4 Å². The lowest BCUT2D eigenvalue weighted by Gasteiger charge is -2.32. The summed E-state index contributed by atoms with van der Waals surface area (Å²) in [6, 6.07) is 14.3. The highest BCUT2D eigenvalue weighted by molar-refractivity contribution is 7.99. The van der Waals surface area contributed by atoms with Crippen molar-refractivity contribution in [2.24, 2.45) is 0 Å². The molecule has 1 aliphatic rings. The average molecular weight is 319 g/mol. The van der Waals surface area contributed by atoms with Crippen molar-refractivity contribution in [3.63, 3.8) is 0 Å². The fourth-order valence-electron chi connectivity index (χ4n) is 2.45. The van der Waals surface area contributed by atoms with Gasteiger partial charge in [0.15, 0.2) is 0 Å². The maximum absolute atomic E-state index is 11.4. The third-order valence-electron chi connectivity index (χ3n) is 3.35. The van der Waals surface area contributed by atoms with Gasteiger partial charge in [-0.3, -0.25) is 4.79 Å². The van der Waals surface area contributed by atoms with Crippen molar-refractivity contribution in [2.75, 3.05) is 22.6 Å². The molecule has 2 aromatic rings. The number of carbonyl (C=O) groups excluding carboxylic acids is 1. The van der Waals surface area contributed by atoms with Crippen LogP contribution in [0.5, 0.6) is 0 Å². The van der Waals surface area contributed by atoms with Crippen LogP contribution < -0.4 is 10.2 Å². The Balaban J connectivity index is 1.99. The normalized spacial score (nSPS) is 12.6. The number of halogens is 1. The molecule has 108 valence electrons. The molecule has 21 heavy (non-hydrogen) atoms. The minimum atomic E-state index is -0.190. The second kappa shape index (κ2) is 6.00. The molecule has 0 radical (unpaired) electrons. The fourth-order valence-corrected chi connectivity index (χ4v) is 3.65. The fraction of sp³-hybridized carbons (Fsp3) is 0.188. The van der Waals surface area contributed by atoms with Gasteiger partial charge in [0.05, 0.1) is 11.4 Å². The van der Waals surface area contributed by atoms with Gasteiger partial charge >= 0.3 is 0 Å². The van der Waals surface area contributed by atoms with E-state index in [0.29, 0.717) is 0 Å². The van der Waals surface area contributed by atoms with Crippen molar-refractivity contribution in [2.45, 2.75) is 16.7 Å². The summed E-state index contributed by atoms with van der Waals surface area (Å²) in [7, 11) is 0. The molecule has 1 amide bonds. The Morgan fingerprint density at radius 3 is 2.71 bits per heavy atom. The highest BCUT2D eigenvalue weighted by Crippen LogP contribution is 2.48. The predicted molar refractivity (Wildman–Crippen MR) is 89.0 cm³/mol. The summed E-state index contributed by atoms with van der Waals surface area (Å²) in [5.41, 5.74) is 3.18.